The van der Waals surface area contributed by atoms with E-state index in [0.717, 1.165) is 16.7 Å². The van der Waals surface area contributed by atoms with Crippen LogP contribution < -0.4 is 14.8 Å². The molecule has 0 aliphatic rings. The molecular formula is C23H29NO4. The first-order valence-corrected chi connectivity index (χ1v) is 9.31. The Labute approximate surface area is 167 Å². The fourth-order valence-electron chi connectivity index (χ4n) is 2.78. The number of hydrogen-bond acceptors (Lipinski definition) is 4. The number of ether oxygens (including phenoxy) is 3. The number of hydrogen-bond donors (Lipinski definition) is 1. The molecule has 2 rings (SSSR count). The molecule has 0 unspecified atom stereocenters. The molecule has 0 aliphatic heterocycles. The highest BCUT2D eigenvalue weighted by atomic mass is 16.5. The molecule has 0 saturated carbocycles. The first-order chi connectivity index (χ1) is 13.5. The van der Waals surface area contributed by atoms with Gasteiger partial charge in [-0.25, -0.2) is 0 Å². The minimum Gasteiger partial charge on any atom is -0.493 e. The predicted molar refractivity (Wildman–Crippen MR) is 111 cm³/mol. The second-order valence-electron chi connectivity index (χ2n) is 6.72. The summed E-state index contributed by atoms with van der Waals surface area (Å²) in [7, 11) is 3.14. The van der Waals surface area contributed by atoms with Crippen molar-refractivity contribution >= 4 is 5.91 Å². The van der Waals surface area contributed by atoms with E-state index in [1.165, 1.54) is 0 Å². The zero-order chi connectivity index (χ0) is 20.5. The van der Waals surface area contributed by atoms with Gasteiger partial charge in [0.1, 0.15) is 0 Å². The molecule has 0 aliphatic carbocycles. The summed E-state index contributed by atoms with van der Waals surface area (Å²) < 4.78 is 16.4. The highest BCUT2D eigenvalue weighted by Crippen LogP contribution is 2.33. The zero-order valence-corrected chi connectivity index (χ0v) is 17.1. The van der Waals surface area contributed by atoms with Crippen molar-refractivity contribution in [2.45, 2.75) is 39.5 Å². The average Bonchev–Trinajstić information content (AvgIpc) is 2.70. The number of carbonyl (C=O) groups is 1. The molecule has 0 saturated heterocycles. The van der Waals surface area contributed by atoms with Crippen molar-refractivity contribution in [3.05, 3.63) is 71.3 Å². The Morgan fingerprint density at radius 1 is 1.11 bits per heavy atom. The van der Waals surface area contributed by atoms with Crippen molar-refractivity contribution in [2.24, 2.45) is 0 Å². The minimum absolute atomic E-state index is 0.168. The van der Waals surface area contributed by atoms with E-state index in [2.05, 4.69) is 11.9 Å². The smallest absolute Gasteiger partial charge is 0.251 e. The lowest BCUT2D eigenvalue weighted by atomic mass is 10.0. The van der Waals surface area contributed by atoms with Gasteiger partial charge in [-0.3, -0.25) is 4.79 Å². The molecule has 0 atom stereocenters. The number of methoxy groups -OCH3 is 2. The maximum Gasteiger partial charge on any atom is 0.251 e. The summed E-state index contributed by atoms with van der Waals surface area (Å²) in [5.41, 5.74) is 3.51. The Bertz CT molecular complexity index is 797. The molecule has 1 amide bonds. The Balaban J connectivity index is 2.06. The number of amides is 1. The standard InChI is InChI=1S/C23H29NO4/c1-6-7-19-12-20(13-21(26-4)22(19)27-5)23(25)24-14-17-8-10-18(11-9-17)15-28-16(2)3/h6,8-13,16H,1,7,14-15H2,2-5H3,(H,24,25). The lowest BCUT2D eigenvalue weighted by molar-refractivity contribution is 0.0657. The van der Waals surface area contributed by atoms with Crippen LogP contribution in [0.3, 0.4) is 0 Å². The van der Waals surface area contributed by atoms with Crippen molar-refractivity contribution in [3.63, 3.8) is 0 Å². The Hall–Kier alpha value is -2.79. The van der Waals surface area contributed by atoms with Crippen LogP contribution in [0.25, 0.3) is 0 Å². The van der Waals surface area contributed by atoms with E-state index in [1.54, 1.807) is 26.4 Å². The van der Waals surface area contributed by atoms with Gasteiger partial charge in [0.15, 0.2) is 11.5 Å². The van der Waals surface area contributed by atoms with Crippen LogP contribution in [-0.2, 0) is 24.3 Å². The molecule has 0 bridgehead atoms. The molecule has 0 heterocycles. The molecule has 0 spiro atoms. The third-order valence-corrected chi connectivity index (χ3v) is 4.24. The Morgan fingerprint density at radius 2 is 1.79 bits per heavy atom. The topological polar surface area (TPSA) is 56.8 Å². The fourth-order valence-corrected chi connectivity index (χ4v) is 2.78. The van der Waals surface area contributed by atoms with Crippen LogP contribution in [0, 0.1) is 0 Å². The number of benzene rings is 2. The number of rotatable bonds is 10. The SMILES string of the molecule is C=CCc1cc(C(=O)NCc2ccc(COC(C)C)cc2)cc(OC)c1OC. The third kappa shape index (κ3) is 5.86. The second-order valence-corrected chi connectivity index (χ2v) is 6.72. The predicted octanol–water partition coefficient (Wildman–Crippen LogP) is 4.29. The van der Waals surface area contributed by atoms with E-state index in [0.29, 0.717) is 36.6 Å². The van der Waals surface area contributed by atoms with Crippen molar-refractivity contribution in [1.29, 1.82) is 0 Å². The summed E-state index contributed by atoms with van der Waals surface area (Å²) >= 11 is 0. The van der Waals surface area contributed by atoms with Gasteiger partial charge in [0.25, 0.3) is 5.91 Å². The summed E-state index contributed by atoms with van der Waals surface area (Å²) in [6.45, 7) is 8.81. The van der Waals surface area contributed by atoms with Crippen molar-refractivity contribution in [1.82, 2.24) is 5.32 Å². The average molecular weight is 383 g/mol. The van der Waals surface area contributed by atoms with Crippen LogP contribution in [0.5, 0.6) is 11.5 Å². The van der Waals surface area contributed by atoms with Crippen LogP contribution in [0.4, 0.5) is 0 Å². The van der Waals surface area contributed by atoms with Crippen LogP contribution >= 0.6 is 0 Å². The molecule has 5 heteroatoms. The molecular weight excluding hydrogens is 354 g/mol. The monoisotopic (exact) mass is 383 g/mol. The van der Waals surface area contributed by atoms with Gasteiger partial charge in [-0.2, -0.15) is 0 Å². The van der Waals surface area contributed by atoms with Crippen molar-refractivity contribution in [3.8, 4) is 11.5 Å². The van der Waals surface area contributed by atoms with E-state index in [4.69, 9.17) is 14.2 Å². The highest BCUT2D eigenvalue weighted by Gasteiger charge is 2.15. The van der Waals surface area contributed by atoms with Gasteiger partial charge in [0.05, 0.1) is 26.9 Å². The lowest BCUT2D eigenvalue weighted by Gasteiger charge is -2.14. The second kappa shape index (κ2) is 10.5. The van der Waals surface area contributed by atoms with Crippen LogP contribution in [-0.4, -0.2) is 26.2 Å². The largest absolute Gasteiger partial charge is 0.493 e. The summed E-state index contributed by atoms with van der Waals surface area (Å²) in [6.07, 6.45) is 2.55. The molecule has 0 radical (unpaired) electrons. The third-order valence-electron chi connectivity index (χ3n) is 4.24. The Kier molecular flexibility index (Phi) is 8.08. The zero-order valence-electron chi connectivity index (χ0n) is 17.1. The molecule has 0 fully saturated rings. The number of carbonyl (C=O) groups excluding carboxylic acids is 1. The van der Waals surface area contributed by atoms with Gasteiger partial charge in [-0.1, -0.05) is 30.3 Å². The quantitative estimate of drug-likeness (QED) is 0.622. The summed E-state index contributed by atoms with van der Waals surface area (Å²) in [5, 5.41) is 2.95. The molecule has 5 nitrogen and oxygen atoms in total. The summed E-state index contributed by atoms with van der Waals surface area (Å²) in [5.74, 6) is 0.984. The van der Waals surface area contributed by atoms with Gasteiger partial charge in [0.2, 0.25) is 0 Å². The van der Waals surface area contributed by atoms with E-state index in [-0.39, 0.29) is 12.0 Å². The number of nitrogens with one attached hydrogen (secondary N) is 1. The van der Waals surface area contributed by atoms with Gasteiger partial charge < -0.3 is 19.5 Å². The van der Waals surface area contributed by atoms with E-state index < -0.39 is 0 Å². The van der Waals surface area contributed by atoms with Gasteiger partial charge in [0, 0.05) is 17.7 Å². The van der Waals surface area contributed by atoms with Crippen LogP contribution in [0.1, 0.15) is 40.9 Å². The molecule has 150 valence electrons. The van der Waals surface area contributed by atoms with E-state index in [1.807, 2.05) is 44.2 Å². The normalized spacial score (nSPS) is 10.6. The highest BCUT2D eigenvalue weighted by molar-refractivity contribution is 5.95. The minimum atomic E-state index is -0.168. The molecule has 0 aromatic heterocycles. The van der Waals surface area contributed by atoms with Crippen LogP contribution in [0.15, 0.2) is 49.1 Å². The molecule has 2 aromatic carbocycles. The maximum atomic E-state index is 12.6. The lowest BCUT2D eigenvalue weighted by Crippen LogP contribution is -2.23. The maximum absolute atomic E-state index is 12.6. The Morgan fingerprint density at radius 3 is 2.36 bits per heavy atom. The summed E-state index contributed by atoms with van der Waals surface area (Å²) in [6, 6.07) is 11.5. The first-order valence-electron chi connectivity index (χ1n) is 9.31. The molecule has 2 aromatic rings. The van der Waals surface area contributed by atoms with Crippen molar-refractivity contribution < 1.29 is 19.0 Å². The van der Waals surface area contributed by atoms with E-state index >= 15 is 0 Å². The van der Waals surface area contributed by atoms with Gasteiger partial charge in [-0.15, -0.1) is 6.58 Å². The van der Waals surface area contributed by atoms with Crippen LogP contribution in [0.2, 0.25) is 0 Å². The summed E-state index contributed by atoms with van der Waals surface area (Å²) in [4.78, 5) is 12.6. The molecule has 28 heavy (non-hydrogen) atoms. The van der Waals surface area contributed by atoms with Crippen molar-refractivity contribution in [2.75, 3.05) is 14.2 Å². The molecule has 1 N–H and O–H groups in total. The van der Waals surface area contributed by atoms with Gasteiger partial charge >= 0.3 is 0 Å². The fraction of sp³-hybridized carbons (Fsp3) is 0.348. The first kappa shape index (κ1) is 21.5. The van der Waals surface area contributed by atoms with E-state index in [9.17, 15) is 4.79 Å². The van der Waals surface area contributed by atoms with Gasteiger partial charge in [-0.05, 0) is 43.5 Å². The number of allylic oxidation sites excluding steroid dienone is 1.